The Morgan fingerprint density at radius 2 is 1.64 bits per heavy atom. The Labute approximate surface area is 243 Å². The lowest BCUT2D eigenvalue weighted by Gasteiger charge is -2.35. The molecular weight excluding hydrogens is 532 g/mol. The molecule has 0 saturated heterocycles. The van der Waals surface area contributed by atoms with Crippen LogP contribution in [0.1, 0.15) is 37.8 Å². The number of carbonyl (C=O) groups is 2. The van der Waals surface area contributed by atoms with E-state index in [0.717, 1.165) is 5.56 Å². The molecule has 1 unspecified atom stereocenters. The first kappa shape index (κ1) is 28.2. The number of nitriles is 1. The average molecular weight is 563 g/mol. The fourth-order valence-corrected chi connectivity index (χ4v) is 5.07. The highest BCUT2D eigenvalue weighted by Gasteiger charge is 2.43. The second-order valence-corrected chi connectivity index (χ2v) is 10.8. The zero-order chi connectivity index (χ0) is 30.2. The first-order valence-corrected chi connectivity index (χ1v) is 13.3. The third kappa shape index (κ3) is 4.88. The molecule has 0 spiro atoms. The molecule has 9 nitrogen and oxygen atoms in total. The van der Waals surface area contributed by atoms with E-state index in [1.54, 1.807) is 48.5 Å². The van der Waals surface area contributed by atoms with Gasteiger partial charge in [0.25, 0.3) is 0 Å². The van der Waals surface area contributed by atoms with E-state index in [1.165, 1.54) is 24.7 Å². The quantitative estimate of drug-likeness (QED) is 0.305. The summed E-state index contributed by atoms with van der Waals surface area (Å²) in [6.07, 6.45) is 0. The summed E-state index contributed by atoms with van der Waals surface area (Å²) in [4.78, 5) is 32.6. The number of nitrogens with two attached hydrogens (primary N) is 1. The van der Waals surface area contributed by atoms with Crippen molar-refractivity contribution in [3.63, 3.8) is 0 Å². The van der Waals surface area contributed by atoms with Gasteiger partial charge in [-0.1, -0.05) is 63.2 Å². The molecule has 3 aromatic carbocycles. The smallest absolute Gasteiger partial charge is 0.355 e. The van der Waals surface area contributed by atoms with Gasteiger partial charge in [-0.3, -0.25) is 4.90 Å². The van der Waals surface area contributed by atoms with E-state index in [2.05, 4.69) is 31.8 Å². The van der Waals surface area contributed by atoms with Crippen LogP contribution in [0, 0.1) is 11.3 Å². The number of hydrogen-bond acceptors (Lipinski definition) is 9. The number of esters is 2. The van der Waals surface area contributed by atoms with E-state index in [4.69, 9.17) is 19.6 Å². The number of anilines is 1. The van der Waals surface area contributed by atoms with Gasteiger partial charge in [0.2, 0.25) is 5.89 Å². The molecule has 0 amide bonds. The molecule has 2 heterocycles. The monoisotopic (exact) mass is 562 g/mol. The number of methoxy groups -OCH3 is 2. The van der Waals surface area contributed by atoms with Crippen molar-refractivity contribution >= 4 is 28.7 Å². The van der Waals surface area contributed by atoms with Crippen LogP contribution in [-0.4, -0.2) is 31.1 Å². The zero-order valence-corrected chi connectivity index (χ0v) is 24.0. The molecule has 0 fully saturated rings. The molecule has 1 aromatic heterocycles. The molecule has 212 valence electrons. The Hall–Kier alpha value is -5.36. The van der Waals surface area contributed by atoms with Gasteiger partial charge in [-0.15, -0.1) is 0 Å². The molecule has 2 N–H and O–H groups in total. The van der Waals surface area contributed by atoms with Gasteiger partial charge in [0, 0.05) is 5.56 Å². The average Bonchev–Trinajstić information content (AvgIpc) is 3.43. The predicted octanol–water partition coefficient (Wildman–Crippen LogP) is 5.69. The van der Waals surface area contributed by atoms with Crippen LogP contribution < -0.4 is 10.6 Å². The van der Waals surface area contributed by atoms with Crippen molar-refractivity contribution < 1.29 is 23.5 Å². The van der Waals surface area contributed by atoms with Crippen LogP contribution in [0.15, 0.2) is 99.9 Å². The molecule has 4 aromatic rings. The maximum atomic E-state index is 13.3. The summed E-state index contributed by atoms with van der Waals surface area (Å²) >= 11 is 0. The molecule has 0 bridgehead atoms. The molecule has 5 rings (SSSR count). The maximum absolute atomic E-state index is 13.3. The SMILES string of the molecule is COC(=O)C1=C(C(=O)OC)N(c2ccc3oc(-c4ccc(C(C)(C)C)cc4)nc3c2)C(N)=C(C#N)C1c1ccccc1. The number of oxazole rings is 1. The molecule has 9 heteroatoms. The molecule has 1 aliphatic rings. The fraction of sp³-hybridized carbons (Fsp3) is 0.212. The summed E-state index contributed by atoms with van der Waals surface area (Å²) < 4.78 is 16.2. The highest BCUT2D eigenvalue weighted by Crippen LogP contribution is 2.43. The molecule has 0 saturated carbocycles. The molecule has 0 aliphatic carbocycles. The Morgan fingerprint density at radius 3 is 2.24 bits per heavy atom. The van der Waals surface area contributed by atoms with Crippen molar-refractivity contribution in [3.05, 3.63) is 107 Å². The Balaban J connectivity index is 1.68. The molecule has 1 atom stereocenters. The number of carbonyl (C=O) groups excluding carboxylic acids is 2. The van der Waals surface area contributed by atoms with Gasteiger partial charge in [0.05, 0.1) is 43.0 Å². The van der Waals surface area contributed by atoms with E-state index in [9.17, 15) is 14.9 Å². The zero-order valence-electron chi connectivity index (χ0n) is 24.0. The first-order chi connectivity index (χ1) is 20.1. The molecule has 42 heavy (non-hydrogen) atoms. The molecular formula is C33H30N4O5. The van der Waals surface area contributed by atoms with Crippen LogP contribution in [-0.2, 0) is 24.5 Å². The van der Waals surface area contributed by atoms with Crippen molar-refractivity contribution in [1.82, 2.24) is 4.98 Å². The van der Waals surface area contributed by atoms with Crippen LogP contribution in [0.25, 0.3) is 22.6 Å². The van der Waals surface area contributed by atoms with Crippen LogP contribution in [0.2, 0.25) is 0 Å². The summed E-state index contributed by atoms with van der Waals surface area (Å²) in [5.41, 5.74) is 10.4. The third-order valence-corrected chi connectivity index (χ3v) is 7.24. The number of ether oxygens (including phenoxy) is 2. The van der Waals surface area contributed by atoms with Crippen molar-refractivity contribution in [2.24, 2.45) is 5.73 Å². The number of nitrogens with zero attached hydrogens (tertiary/aromatic N) is 3. The largest absolute Gasteiger partial charge is 0.466 e. The number of fused-ring (bicyclic) bond motifs is 1. The van der Waals surface area contributed by atoms with Crippen molar-refractivity contribution in [1.29, 1.82) is 5.26 Å². The standard InChI is InChI=1S/C33H30N4O5/c1-33(2,3)21-13-11-20(12-14-21)30-36-24-17-22(15-16-25(24)42-30)37-28(32(39)41-5)27(31(38)40-4)26(23(18-34)29(37)35)19-9-7-6-8-10-19/h6-17,26H,35H2,1-5H3. The first-order valence-electron chi connectivity index (χ1n) is 13.3. The summed E-state index contributed by atoms with van der Waals surface area (Å²) in [5, 5.41) is 10.3. The second-order valence-electron chi connectivity index (χ2n) is 10.8. The van der Waals surface area contributed by atoms with Crippen molar-refractivity contribution in [2.45, 2.75) is 32.1 Å². The predicted molar refractivity (Wildman–Crippen MR) is 158 cm³/mol. The molecule has 1 aliphatic heterocycles. The van der Waals surface area contributed by atoms with Crippen molar-refractivity contribution in [2.75, 3.05) is 19.1 Å². The van der Waals surface area contributed by atoms with Crippen LogP contribution in [0.3, 0.4) is 0 Å². The lowest BCUT2D eigenvalue weighted by molar-refractivity contribution is -0.139. The van der Waals surface area contributed by atoms with Gasteiger partial charge >= 0.3 is 11.9 Å². The number of benzene rings is 3. The number of hydrogen-bond donors (Lipinski definition) is 1. The van der Waals surface area contributed by atoms with E-state index in [1.807, 2.05) is 24.3 Å². The molecule has 0 radical (unpaired) electrons. The van der Waals surface area contributed by atoms with Crippen molar-refractivity contribution in [3.8, 4) is 17.5 Å². The number of aromatic nitrogens is 1. The van der Waals surface area contributed by atoms with Crippen LogP contribution in [0.5, 0.6) is 0 Å². The highest BCUT2D eigenvalue weighted by molar-refractivity contribution is 6.06. The number of rotatable bonds is 5. The fourth-order valence-electron chi connectivity index (χ4n) is 5.07. The lowest BCUT2D eigenvalue weighted by atomic mass is 9.81. The van der Waals surface area contributed by atoms with Crippen LogP contribution in [0.4, 0.5) is 5.69 Å². The normalized spacial score (nSPS) is 15.5. The van der Waals surface area contributed by atoms with E-state index >= 15 is 0 Å². The van der Waals surface area contributed by atoms with Crippen LogP contribution >= 0.6 is 0 Å². The topological polar surface area (TPSA) is 132 Å². The van der Waals surface area contributed by atoms with Gasteiger partial charge in [-0.25, -0.2) is 14.6 Å². The Kier molecular flexibility index (Phi) is 7.31. The Morgan fingerprint density at radius 1 is 0.976 bits per heavy atom. The third-order valence-electron chi connectivity index (χ3n) is 7.24. The van der Waals surface area contributed by atoms with Gasteiger partial charge in [-0.2, -0.15) is 5.26 Å². The van der Waals surface area contributed by atoms with Gasteiger partial charge < -0.3 is 19.6 Å². The summed E-state index contributed by atoms with van der Waals surface area (Å²) in [5.74, 6) is -2.17. The summed E-state index contributed by atoms with van der Waals surface area (Å²) in [6.45, 7) is 6.43. The van der Waals surface area contributed by atoms with Gasteiger partial charge in [-0.05, 0) is 46.9 Å². The van der Waals surface area contributed by atoms with Gasteiger partial charge in [0.15, 0.2) is 5.58 Å². The maximum Gasteiger partial charge on any atom is 0.355 e. The minimum absolute atomic E-state index is 0.00629. The minimum Gasteiger partial charge on any atom is -0.466 e. The summed E-state index contributed by atoms with van der Waals surface area (Å²) in [7, 11) is 2.42. The van der Waals surface area contributed by atoms with E-state index in [0.29, 0.717) is 28.2 Å². The van der Waals surface area contributed by atoms with E-state index < -0.39 is 17.9 Å². The second kappa shape index (κ2) is 10.9. The number of allylic oxidation sites excluding steroid dienone is 1. The summed E-state index contributed by atoms with van der Waals surface area (Å²) in [6, 6.07) is 24.0. The van der Waals surface area contributed by atoms with Gasteiger partial charge in [0.1, 0.15) is 17.0 Å². The highest BCUT2D eigenvalue weighted by atomic mass is 16.5. The lowest BCUT2D eigenvalue weighted by Crippen LogP contribution is -2.40. The van der Waals surface area contributed by atoms with E-state index in [-0.39, 0.29) is 28.1 Å². The minimum atomic E-state index is -0.951. The Bertz CT molecular complexity index is 1790.